The van der Waals surface area contributed by atoms with Crippen molar-refractivity contribution in [3.8, 4) is 17.0 Å². The third-order valence-electron chi connectivity index (χ3n) is 6.02. The lowest BCUT2D eigenvalue weighted by atomic mass is 9.96. The number of hydrogen-bond acceptors (Lipinski definition) is 6. The van der Waals surface area contributed by atoms with Crippen LogP contribution in [0.4, 0.5) is 5.82 Å². The average molecular weight is 381 g/mol. The van der Waals surface area contributed by atoms with E-state index < -0.39 is 0 Å². The quantitative estimate of drug-likeness (QED) is 0.705. The lowest BCUT2D eigenvalue weighted by Gasteiger charge is -2.37. The molecule has 2 atom stereocenters. The number of fused-ring (bicyclic) bond motifs is 2. The first-order valence-corrected chi connectivity index (χ1v) is 10.6. The molecular weight excluding hydrogens is 356 g/mol. The smallest absolute Gasteiger partial charge is 0.149 e. The van der Waals surface area contributed by atoms with E-state index in [2.05, 4.69) is 26.5 Å². The maximum atomic E-state index is 10.7. The second kappa shape index (κ2) is 6.77. The molecule has 0 saturated carbocycles. The fraction of sp³-hybridized carbons (Fsp3) is 0.429. The number of aromatic nitrogens is 2. The molecule has 2 N–H and O–H groups in total. The van der Waals surface area contributed by atoms with Crippen LogP contribution in [0.15, 0.2) is 29.6 Å². The van der Waals surface area contributed by atoms with E-state index in [1.807, 2.05) is 30.5 Å². The Morgan fingerprint density at radius 1 is 1.15 bits per heavy atom. The molecule has 0 amide bonds. The van der Waals surface area contributed by atoms with Gasteiger partial charge in [-0.05, 0) is 80.9 Å². The molecule has 5 nitrogen and oxygen atoms in total. The standard InChI is InChI=1S/C21H24N4OS/c1-13-12-19(22-16-4-2-9-25-10-3-5-17(16)25)23-24-20(13)15-6-7-18-14(21(15)26)8-11-27-18/h6-8,11-12,16-17,26H,2-5,9-10H2,1H3,(H,22,23)/t16-,17+/m1/s1. The third-order valence-corrected chi connectivity index (χ3v) is 6.90. The molecule has 0 aliphatic carbocycles. The molecule has 27 heavy (non-hydrogen) atoms. The van der Waals surface area contributed by atoms with Crippen molar-refractivity contribution in [3.63, 3.8) is 0 Å². The number of nitrogens with one attached hydrogen (secondary N) is 1. The van der Waals surface area contributed by atoms with Gasteiger partial charge in [-0.2, -0.15) is 0 Å². The summed E-state index contributed by atoms with van der Waals surface area (Å²) in [5.74, 6) is 1.13. The van der Waals surface area contributed by atoms with Gasteiger partial charge in [-0.25, -0.2) is 0 Å². The Balaban J connectivity index is 1.42. The number of phenolic OH excluding ortho intramolecular Hbond substituents is 1. The minimum atomic E-state index is 0.292. The fourth-order valence-electron chi connectivity index (χ4n) is 4.69. The van der Waals surface area contributed by atoms with Gasteiger partial charge in [0.25, 0.3) is 0 Å². The number of rotatable bonds is 3. The molecule has 0 bridgehead atoms. The number of thiophene rings is 1. The maximum Gasteiger partial charge on any atom is 0.149 e. The van der Waals surface area contributed by atoms with Gasteiger partial charge in [0.15, 0.2) is 0 Å². The lowest BCUT2D eigenvalue weighted by Crippen LogP contribution is -2.47. The Labute approximate surface area is 163 Å². The molecule has 5 rings (SSSR count). The van der Waals surface area contributed by atoms with E-state index in [4.69, 9.17) is 0 Å². The minimum Gasteiger partial charge on any atom is -0.507 e. The number of benzene rings is 1. The van der Waals surface area contributed by atoms with E-state index in [0.29, 0.717) is 17.8 Å². The summed E-state index contributed by atoms with van der Waals surface area (Å²) in [5, 5.41) is 26.1. The maximum absolute atomic E-state index is 10.7. The number of phenols is 1. The number of nitrogens with zero attached hydrogens (tertiary/aromatic N) is 3. The average Bonchev–Trinajstić information content (AvgIpc) is 3.33. The van der Waals surface area contributed by atoms with E-state index in [9.17, 15) is 5.11 Å². The Hall–Kier alpha value is -2.18. The molecule has 0 unspecified atom stereocenters. The number of anilines is 1. The monoisotopic (exact) mass is 380 g/mol. The number of aryl methyl sites for hydroxylation is 1. The van der Waals surface area contributed by atoms with Gasteiger partial charge in [0.1, 0.15) is 11.6 Å². The fourth-order valence-corrected chi connectivity index (χ4v) is 5.48. The molecule has 0 radical (unpaired) electrons. The molecule has 1 aromatic carbocycles. The van der Waals surface area contributed by atoms with E-state index in [1.54, 1.807) is 11.3 Å². The largest absolute Gasteiger partial charge is 0.507 e. The first-order valence-electron chi connectivity index (χ1n) is 9.75. The van der Waals surface area contributed by atoms with Crippen molar-refractivity contribution in [2.45, 2.75) is 44.7 Å². The first kappa shape index (κ1) is 17.0. The van der Waals surface area contributed by atoms with Gasteiger partial charge >= 0.3 is 0 Å². The highest BCUT2D eigenvalue weighted by Crippen LogP contribution is 2.38. The highest BCUT2D eigenvalue weighted by atomic mass is 32.1. The van der Waals surface area contributed by atoms with Crippen LogP contribution in [0.2, 0.25) is 0 Å². The first-order chi connectivity index (χ1) is 13.2. The van der Waals surface area contributed by atoms with E-state index in [1.165, 1.54) is 38.8 Å². The van der Waals surface area contributed by atoms with Crippen molar-refractivity contribution in [2.75, 3.05) is 18.4 Å². The molecule has 140 valence electrons. The van der Waals surface area contributed by atoms with Gasteiger partial charge in [0, 0.05) is 27.7 Å². The van der Waals surface area contributed by atoms with Crippen LogP contribution in [0.1, 0.15) is 31.2 Å². The van der Waals surface area contributed by atoms with Crippen molar-refractivity contribution >= 4 is 27.2 Å². The summed E-state index contributed by atoms with van der Waals surface area (Å²) in [7, 11) is 0. The second-order valence-electron chi connectivity index (χ2n) is 7.69. The van der Waals surface area contributed by atoms with Crippen molar-refractivity contribution in [3.05, 3.63) is 35.2 Å². The molecule has 2 aliphatic rings. The SMILES string of the molecule is Cc1cc(N[C@@H]2CCCN3CCC[C@@H]23)nnc1-c1ccc2sccc2c1O. The van der Waals surface area contributed by atoms with Crippen LogP contribution in [0.25, 0.3) is 21.3 Å². The molecule has 2 aromatic heterocycles. The zero-order chi connectivity index (χ0) is 18.4. The summed E-state index contributed by atoms with van der Waals surface area (Å²) in [4.78, 5) is 2.62. The molecule has 2 saturated heterocycles. The summed E-state index contributed by atoms with van der Waals surface area (Å²) < 4.78 is 1.08. The van der Waals surface area contributed by atoms with Crippen molar-refractivity contribution < 1.29 is 5.11 Å². The Morgan fingerprint density at radius 2 is 2.00 bits per heavy atom. The van der Waals surface area contributed by atoms with E-state index in [0.717, 1.165) is 32.7 Å². The summed E-state index contributed by atoms with van der Waals surface area (Å²) in [6, 6.07) is 9.08. The van der Waals surface area contributed by atoms with Crippen LogP contribution in [-0.2, 0) is 0 Å². The van der Waals surface area contributed by atoms with Gasteiger partial charge in [0.2, 0.25) is 0 Å². The van der Waals surface area contributed by atoms with Gasteiger partial charge in [-0.3, -0.25) is 4.90 Å². The van der Waals surface area contributed by atoms with Crippen molar-refractivity contribution in [2.24, 2.45) is 0 Å². The summed E-state index contributed by atoms with van der Waals surface area (Å²) in [6.07, 6.45) is 5.01. The van der Waals surface area contributed by atoms with Gasteiger partial charge in [0.05, 0.1) is 5.69 Å². The van der Waals surface area contributed by atoms with Crippen LogP contribution in [0.3, 0.4) is 0 Å². The van der Waals surface area contributed by atoms with E-state index in [-0.39, 0.29) is 0 Å². The molecule has 2 fully saturated rings. The highest BCUT2D eigenvalue weighted by molar-refractivity contribution is 7.17. The van der Waals surface area contributed by atoms with Gasteiger partial charge in [-0.1, -0.05) is 0 Å². The minimum absolute atomic E-state index is 0.292. The Morgan fingerprint density at radius 3 is 2.85 bits per heavy atom. The van der Waals surface area contributed by atoms with Crippen molar-refractivity contribution in [1.29, 1.82) is 0 Å². The zero-order valence-electron chi connectivity index (χ0n) is 15.5. The Bertz CT molecular complexity index is 985. The summed E-state index contributed by atoms with van der Waals surface area (Å²) in [5.41, 5.74) is 2.52. The van der Waals surface area contributed by atoms with Crippen molar-refractivity contribution in [1.82, 2.24) is 15.1 Å². The predicted octanol–water partition coefficient (Wildman–Crippen LogP) is 4.41. The summed E-state index contributed by atoms with van der Waals surface area (Å²) in [6.45, 7) is 4.50. The Kier molecular flexibility index (Phi) is 4.25. The van der Waals surface area contributed by atoms with Crippen LogP contribution >= 0.6 is 11.3 Å². The molecule has 0 spiro atoms. The lowest BCUT2D eigenvalue weighted by molar-refractivity contribution is 0.183. The second-order valence-corrected chi connectivity index (χ2v) is 8.64. The zero-order valence-corrected chi connectivity index (χ0v) is 16.3. The predicted molar refractivity (Wildman–Crippen MR) is 110 cm³/mol. The van der Waals surface area contributed by atoms with Crippen LogP contribution in [-0.4, -0.2) is 45.4 Å². The molecule has 2 aliphatic heterocycles. The molecule has 6 heteroatoms. The van der Waals surface area contributed by atoms with E-state index >= 15 is 0 Å². The normalized spacial score (nSPS) is 22.9. The third kappa shape index (κ3) is 2.97. The highest BCUT2D eigenvalue weighted by Gasteiger charge is 2.34. The van der Waals surface area contributed by atoms with Gasteiger partial charge in [-0.15, -0.1) is 21.5 Å². The van der Waals surface area contributed by atoms with Crippen LogP contribution in [0, 0.1) is 6.92 Å². The van der Waals surface area contributed by atoms with Gasteiger partial charge < -0.3 is 10.4 Å². The number of aromatic hydroxyl groups is 1. The van der Waals surface area contributed by atoms with Crippen LogP contribution < -0.4 is 5.32 Å². The number of hydrogen-bond donors (Lipinski definition) is 2. The molecular formula is C21H24N4OS. The van der Waals surface area contributed by atoms with Crippen LogP contribution in [0.5, 0.6) is 5.75 Å². The molecule has 3 aromatic rings. The topological polar surface area (TPSA) is 61.3 Å². The molecule has 4 heterocycles. The summed E-state index contributed by atoms with van der Waals surface area (Å²) >= 11 is 1.63. The number of piperidine rings is 1.